The Hall–Kier alpha value is -2.39. The molecule has 4 rings (SSSR count). The summed E-state index contributed by atoms with van der Waals surface area (Å²) in [6, 6.07) is 20.6. The highest BCUT2D eigenvalue weighted by molar-refractivity contribution is 7.92. The standard InChI is InChI=1S/C15H24.C12H18.C11H16O2S.C11H22.CH4/c1-11-8-9-12(14(2,3)4)10-13(11)15(5,6)7;1-9-6-10(2)8-11(7-9)12(3,4)5;1-9-5-7-10(8-6-9)14(12,13)11(2,3)4;1-11(2,3)10-8-6-4-5-7-9-10;/h8-10H,1-7H3;6-8H,1-5H3;5-8H,1-4H3;10H,4-9H2,1-3H3;1H4. The molecule has 1 saturated carbocycles. The highest BCUT2D eigenvalue weighted by atomic mass is 32.2. The van der Waals surface area contributed by atoms with Gasteiger partial charge in [-0.25, -0.2) is 8.42 Å². The van der Waals surface area contributed by atoms with E-state index in [1.165, 1.54) is 71.9 Å². The second kappa shape index (κ2) is 20.0. The van der Waals surface area contributed by atoms with Crippen LogP contribution in [0.25, 0.3) is 0 Å². The summed E-state index contributed by atoms with van der Waals surface area (Å²) < 4.78 is 23.2. The van der Waals surface area contributed by atoms with Gasteiger partial charge in [0.2, 0.25) is 0 Å². The highest BCUT2D eigenvalue weighted by Crippen LogP contribution is 2.36. The molecule has 0 unspecified atom stereocenters. The molecule has 3 aromatic carbocycles. The van der Waals surface area contributed by atoms with Gasteiger partial charge in [-0.05, 0) is 123 Å². The summed E-state index contributed by atoms with van der Waals surface area (Å²) in [7, 11) is -3.19. The number of benzene rings is 3. The zero-order chi connectivity index (χ0) is 40.5. The molecule has 0 aromatic heterocycles. The second-order valence-electron chi connectivity index (χ2n) is 20.6. The van der Waals surface area contributed by atoms with Gasteiger partial charge in [0.05, 0.1) is 9.64 Å². The van der Waals surface area contributed by atoms with Crippen LogP contribution in [0.15, 0.2) is 65.6 Å². The van der Waals surface area contributed by atoms with Gasteiger partial charge in [0.25, 0.3) is 0 Å². The topological polar surface area (TPSA) is 34.1 Å². The van der Waals surface area contributed by atoms with E-state index in [1.54, 1.807) is 32.9 Å². The zero-order valence-corrected chi connectivity index (χ0v) is 38.1. The van der Waals surface area contributed by atoms with Crippen molar-refractivity contribution in [1.82, 2.24) is 0 Å². The van der Waals surface area contributed by atoms with E-state index in [9.17, 15) is 8.42 Å². The molecule has 0 spiro atoms. The van der Waals surface area contributed by atoms with Gasteiger partial charge < -0.3 is 0 Å². The maximum Gasteiger partial charge on any atom is 0.183 e. The van der Waals surface area contributed by atoms with Crippen LogP contribution < -0.4 is 0 Å². The van der Waals surface area contributed by atoms with E-state index in [2.05, 4.69) is 140 Å². The average molecular weight is 749 g/mol. The lowest BCUT2D eigenvalue weighted by atomic mass is 9.76. The van der Waals surface area contributed by atoms with Crippen molar-refractivity contribution >= 4 is 9.84 Å². The van der Waals surface area contributed by atoms with Gasteiger partial charge in [0, 0.05) is 0 Å². The first-order valence-corrected chi connectivity index (χ1v) is 21.4. The molecule has 1 aliphatic rings. The molecule has 2 nitrogen and oxygen atoms in total. The second-order valence-corrected chi connectivity index (χ2v) is 23.3. The quantitative estimate of drug-likeness (QED) is 0.232. The van der Waals surface area contributed by atoms with Crippen LogP contribution in [0.1, 0.15) is 189 Å². The minimum Gasteiger partial charge on any atom is -0.223 e. The fourth-order valence-corrected chi connectivity index (χ4v) is 7.72. The van der Waals surface area contributed by atoms with Crippen molar-refractivity contribution in [2.45, 2.75) is 203 Å². The van der Waals surface area contributed by atoms with Gasteiger partial charge in [0.15, 0.2) is 9.84 Å². The summed E-state index contributed by atoms with van der Waals surface area (Å²) in [4.78, 5) is 0.399. The van der Waals surface area contributed by atoms with E-state index in [0.29, 0.717) is 10.3 Å². The number of hydrogen-bond donors (Lipinski definition) is 0. The summed E-state index contributed by atoms with van der Waals surface area (Å²) in [6.45, 7) is 41.2. The first-order chi connectivity index (χ1) is 23.4. The molecule has 302 valence electrons. The van der Waals surface area contributed by atoms with E-state index in [1.807, 2.05) is 19.1 Å². The highest BCUT2D eigenvalue weighted by Gasteiger charge is 2.30. The molecule has 0 heterocycles. The van der Waals surface area contributed by atoms with Gasteiger partial charge in [0.1, 0.15) is 0 Å². The molecule has 0 amide bonds. The van der Waals surface area contributed by atoms with E-state index in [0.717, 1.165) is 11.5 Å². The number of aryl methyl sites for hydroxylation is 4. The predicted molar refractivity (Wildman–Crippen MR) is 239 cm³/mol. The summed E-state index contributed by atoms with van der Waals surface area (Å²) in [6.07, 6.45) is 8.86. The van der Waals surface area contributed by atoms with Crippen LogP contribution in [0.3, 0.4) is 0 Å². The molecule has 3 aromatic rings. The van der Waals surface area contributed by atoms with E-state index >= 15 is 0 Å². The summed E-state index contributed by atoms with van der Waals surface area (Å²) in [5.41, 5.74) is 10.8. The third kappa shape index (κ3) is 17.3. The fraction of sp³-hybridized carbons (Fsp3) is 0.640. The molecule has 3 heteroatoms. The fourth-order valence-electron chi connectivity index (χ4n) is 6.52. The van der Waals surface area contributed by atoms with Crippen LogP contribution >= 0.6 is 0 Å². The van der Waals surface area contributed by atoms with E-state index < -0.39 is 14.6 Å². The molecule has 0 atom stereocenters. The van der Waals surface area contributed by atoms with Gasteiger partial charge in [-0.3, -0.25) is 0 Å². The van der Waals surface area contributed by atoms with Crippen LogP contribution in [0.5, 0.6) is 0 Å². The summed E-state index contributed by atoms with van der Waals surface area (Å²) in [5, 5.41) is 0. The molecule has 53 heavy (non-hydrogen) atoms. The summed E-state index contributed by atoms with van der Waals surface area (Å²) >= 11 is 0. The smallest absolute Gasteiger partial charge is 0.183 e. The number of sulfone groups is 1. The SMILES string of the molecule is C.CC(C)(C)C1CCCCCC1.Cc1cc(C)cc(C(C)(C)C)c1.Cc1ccc(C(C)(C)C)cc1C(C)(C)C.Cc1ccc(S(=O)(=O)C(C)(C)C)cc1. The lowest BCUT2D eigenvalue weighted by molar-refractivity contribution is 0.215. The van der Waals surface area contributed by atoms with Gasteiger partial charge in [-0.2, -0.15) is 0 Å². The van der Waals surface area contributed by atoms with Crippen molar-refractivity contribution in [1.29, 1.82) is 0 Å². The lowest BCUT2D eigenvalue weighted by Crippen LogP contribution is -2.27. The van der Waals surface area contributed by atoms with E-state index in [-0.39, 0.29) is 23.7 Å². The largest absolute Gasteiger partial charge is 0.223 e. The number of rotatable bonds is 1. The van der Waals surface area contributed by atoms with Gasteiger partial charge in [-0.15, -0.1) is 0 Å². The van der Waals surface area contributed by atoms with Gasteiger partial charge in [-0.1, -0.05) is 181 Å². The molecular weight excluding hydrogens is 665 g/mol. The zero-order valence-electron chi connectivity index (χ0n) is 37.3. The van der Waals surface area contributed by atoms with E-state index in [4.69, 9.17) is 0 Å². The Bertz CT molecular complexity index is 1590. The molecule has 1 aliphatic carbocycles. The predicted octanol–water partition coefficient (Wildman–Crippen LogP) is 15.4. The maximum atomic E-state index is 12.0. The molecule has 0 aliphatic heterocycles. The molecular formula is C50H84O2S. The van der Waals surface area contributed by atoms with Crippen molar-refractivity contribution in [3.8, 4) is 0 Å². The van der Waals surface area contributed by atoms with Crippen LogP contribution in [0.4, 0.5) is 0 Å². The van der Waals surface area contributed by atoms with Crippen molar-refractivity contribution in [2.24, 2.45) is 11.3 Å². The number of hydrogen-bond acceptors (Lipinski definition) is 2. The van der Waals surface area contributed by atoms with Crippen molar-refractivity contribution < 1.29 is 8.42 Å². The Morgan fingerprint density at radius 2 is 0.925 bits per heavy atom. The van der Waals surface area contributed by atoms with Crippen molar-refractivity contribution in [3.05, 3.63) is 99.6 Å². The Balaban J connectivity index is 0.000000680. The minimum atomic E-state index is -3.19. The first kappa shape index (κ1) is 50.6. The van der Waals surface area contributed by atoms with Crippen molar-refractivity contribution in [2.75, 3.05) is 0 Å². The van der Waals surface area contributed by atoms with Gasteiger partial charge >= 0.3 is 0 Å². The third-order valence-electron chi connectivity index (χ3n) is 10.2. The first-order valence-electron chi connectivity index (χ1n) is 19.9. The Morgan fingerprint density at radius 1 is 0.491 bits per heavy atom. The molecule has 0 N–H and O–H groups in total. The normalized spacial score (nSPS) is 14.5. The Morgan fingerprint density at radius 3 is 1.28 bits per heavy atom. The molecule has 1 fully saturated rings. The van der Waals surface area contributed by atoms with Crippen LogP contribution in [0, 0.1) is 39.0 Å². The minimum absolute atomic E-state index is 0. The van der Waals surface area contributed by atoms with Crippen LogP contribution in [0.2, 0.25) is 0 Å². The molecule has 0 saturated heterocycles. The lowest BCUT2D eigenvalue weighted by Gasteiger charge is -2.29. The van der Waals surface area contributed by atoms with Crippen LogP contribution in [-0.4, -0.2) is 13.2 Å². The molecule has 0 radical (unpaired) electrons. The summed E-state index contributed by atoms with van der Waals surface area (Å²) in [5.74, 6) is 0.991. The Kier molecular flexibility index (Phi) is 19.1. The Labute approximate surface area is 331 Å². The molecule has 0 bridgehead atoms. The maximum absolute atomic E-state index is 12.0. The van der Waals surface area contributed by atoms with Crippen LogP contribution in [-0.2, 0) is 26.1 Å². The monoisotopic (exact) mass is 749 g/mol. The third-order valence-corrected chi connectivity index (χ3v) is 12.7. The average Bonchev–Trinajstić information content (AvgIpc) is 3.26. The van der Waals surface area contributed by atoms with Crippen molar-refractivity contribution in [3.63, 3.8) is 0 Å².